The Morgan fingerprint density at radius 2 is 1.67 bits per heavy atom. The van der Waals surface area contributed by atoms with Crippen LogP contribution >= 0.6 is 0 Å². The maximum Gasteiger partial charge on any atom is 0.274 e. The number of hydrogen-bond donors (Lipinski definition) is 4. The van der Waals surface area contributed by atoms with Gasteiger partial charge in [-0.05, 0) is 113 Å². The fourth-order valence-electron chi connectivity index (χ4n) is 9.96. The van der Waals surface area contributed by atoms with Crippen LogP contribution in [-0.2, 0) is 15.2 Å². The summed E-state index contributed by atoms with van der Waals surface area (Å²) in [5.74, 6) is -0.794. The number of carbonyl (C=O) groups excluding carboxylic acids is 4. The number of nitriles is 1. The van der Waals surface area contributed by atoms with Crippen molar-refractivity contribution in [2.24, 2.45) is 5.92 Å². The summed E-state index contributed by atoms with van der Waals surface area (Å²) in [5, 5.41) is 38.7. The van der Waals surface area contributed by atoms with Gasteiger partial charge in [0.05, 0.1) is 34.4 Å². The molecule has 16 heteroatoms. The molecular weight excluding hydrogens is 799 g/mol. The van der Waals surface area contributed by atoms with Crippen LogP contribution in [0.25, 0.3) is 16.4 Å². The Morgan fingerprint density at radius 1 is 0.905 bits per heavy atom. The molecule has 4 fully saturated rings. The van der Waals surface area contributed by atoms with E-state index in [1.807, 2.05) is 30.3 Å². The third-order valence-corrected chi connectivity index (χ3v) is 13.5. The molecule has 4 amide bonds. The van der Waals surface area contributed by atoms with Crippen LogP contribution in [-0.4, -0.2) is 116 Å². The maximum atomic E-state index is 13.5. The Labute approximate surface area is 366 Å². The highest BCUT2D eigenvalue weighted by molar-refractivity contribution is 6.06. The number of imide groups is 1. The Kier molecular flexibility index (Phi) is 11.7. The van der Waals surface area contributed by atoms with Crippen LogP contribution in [0.4, 0.5) is 11.4 Å². The number of aromatic nitrogens is 4. The number of piperazine rings is 1. The first kappa shape index (κ1) is 42.2. The molecule has 2 aromatic carbocycles. The van der Waals surface area contributed by atoms with Crippen LogP contribution < -0.4 is 20.9 Å². The van der Waals surface area contributed by atoms with Crippen molar-refractivity contribution in [1.29, 1.82) is 5.26 Å². The fourth-order valence-corrected chi connectivity index (χ4v) is 9.96. The normalized spacial score (nSPS) is 21.9. The van der Waals surface area contributed by atoms with E-state index in [4.69, 9.17) is 5.10 Å². The molecule has 3 aliphatic heterocycles. The highest BCUT2D eigenvalue weighted by atomic mass is 16.3. The summed E-state index contributed by atoms with van der Waals surface area (Å²) in [4.78, 5) is 57.8. The number of carbonyl (C=O) groups is 4. The lowest BCUT2D eigenvalue weighted by atomic mass is 9.89. The number of benzene rings is 2. The van der Waals surface area contributed by atoms with Gasteiger partial charge in [-0.15, -0.1) is 0 Å². The molecule has 16 nitrogen and oxygen atoms in total. The second-order valence-electron chi connectivity index (χ2n) is 18.2. The zero-order valence-corrected chi connectivity index (χ0v) is 35.9. The van der Waals surface area contributed by atoms with Crippen molar-refractivity contribution in [2.45, 2.75) is 88.9 Å². The Morgan fingerprint density at radius 3 is 2.40 bits per heavy atom. The molecular formula is C47H55N11O5. The first-order valence-corrected chi connectivity index (χ1v) is 22.3. The van der Waals surface area contributed by atoms with Gasteiger partial charge in [0, 0.05) is 92.4 Å². The lowest BCUT2D eigenvalue weighted by molar-refractivity contribution is -0.134. The topological polar surface area (TPSA) is 193 Å². The molecule has 0 spiro atoms. The summed E-state index contributed by atoms with van der Waals surface area (Å²) < 4.78 is 3.59. The van der Waals surface area contributed by atoms with Crippen molar-refractivity contribution in [3.63, 3.8) is 0 Å². The van der Waals surface area contributed by atoms with Crippen LogP contribution in [0.5, 0.6) is 0 Å². The number of rotatable bonds is 10. The van der Waals surface area contributed by atoms with Crippen LogP contribution in [0.15, 0.2) is 67.0 Å². The minimum Gasteiger partial charge on any atom is -0.386 e. The Hall–Kier alpha value is -6.15. The summed E-state index contributed by atoms with van der Waals surface area (Å²) in [5.41, 5.74) is 3.52. The van der Waals surface area contributed by atoms with Gasteiger partial charge in [0.1, 0.15) is 17.8 Å². The number of piperidine rings is 2. The molecule has 9 rings (SSSR count). The van der Waals surface area contributed by atoms with Gasteiger partial charge in [-0.2, -0.15) is 15.5 Å². The van der Waals surface area contributed by atoms with E-state index < -0.39 is 17.6 Å². The number of fused-ring (bicyclic) bond motifs is 2. The van der Waals surface area contributed by atoms with Crippen molar-refractivity contribution in [1.82, 2.24) is 39.8 Å². The fraction of sp³-hybridized carbons (Fsp3) is 0.468. The van der Waals surface area contributed by atoms with Crippen molar-refractivity contribution >= 4 is 51.4 Å². The van der Waals surface area contributed by atoms with Gasteiger partial charge in [0.25, 0.3) is 11.8 Å². The minimum absolute atomic E-state index is 0.221. The highest BCUT2D eigenvalue weighted by Gasteiger charge is 2.32. The molecule has 328 valence electrons. The van der Waals surface area contributed by atoms with Gasteiger partial charge >= 0.3 is 0 Å². The molecule has 4 aliphatic rings. The predicted octanol–water partition coefficient (Wildman–Crippen LogP) is 4.59. The van der Waals surface area contributed by atoms with Crippen molar-refractivity contribution < 1.29 is 24.3 Å². The molecule has 0 unspecified atom stereocenters. The monoisotopic (exact) mass is 853 g/mol. The third-order valence-electron chi connectivity index (χ3n) is 13.5. The van der Waals surface area contributed by atoms with Crippen molar-refractivity contribution in [3.05, 3.63) is 89.4 Å². The van der Waals surface area contributed by atoms with Crippen molar-refractivity contribution in [2.75, 3.05) is 56.0 Å². The second kappa shape index (κ2) is 17.5. The molecule has 1 saturated carbocycles. The molecule has 0 radical (unpaired) electrons. The molecule has 0 bridgehead atoms. The largest absolute Gasteiger partial charge is 0.386 e. The Balaban J connectivity index is 0.743. The number of anilines is 2. The average Bonchev–Trinajstić information content (AvgIpc) is 3.91. The van der Waals surface area contributed by atoms with Crippen LogP contribution in [0.2, 0.25) is 0 Å². The Bertz CT molecular complexity index is 2580. The van der Waals surface area contributed by atoms with Crippen LogP contribution in [0.3, 0.4) is 0 Å². The van der Waals surface area contributed by atoms with E-state index in [-0.39, 0.29) is 30.2 Å². The SMILES string of the molecule is CC(C)(O)c1cc2nn(C3CCC(N4CCN(CC5CCN(c6cccc(C(=O)N[C@H]7CCC(=O)NC7=O)c6)CC5)CC4)CC3)cc2cc1NC(=O)c1ccc2cc(C#N)cnn12. The number of amides is 4. The van der Waals surface area contributed by atoms with Gasteiger partial charge in [0.2, 0.25) is 11.8 Å². The average molecular weight is 854 g/mol. The molecule has 6 heterocycles. The van der Waals surface area contributed by atoms with Gasteiger partial charge in [-0.1, -0.05) is 6.07 Å². The lowest BCUT2D eigenvalue weighted by Crippen LogP contribution is -2.52. The van der Waals surface area contributed by atoms with Crippen molar-refractivity contribution in [3.8, 4) is 6.07 Å². The molecule has 5 aromatic rings. The molecule has 4 N–H and O–H groups in total. The number of aliphatic hydroxyl groups is 1. The summed E-state index contributed by atoms with van der Waals surface area (Å²) in [6.45, 7) is 10.7. The van der Waals surface area contributed by atoms with E-state index in [1.54, 1.807) is 38.1 Å². The number of hydrogen-bond acceptors (Lipinski definition) is 11. The van der Waals surface area contributed by atoms with E-state index >= 15 is 0 Å². The van der Waals surface area contributed by atoms with E-state index in [0.717, 1.165) is 101 Å². The third kappa shape index (κ3) is 9.18. The minimum atomic E-state index is -1.24. The quantitative estimate of drug-likeness (QED) is 0.144. The summed E-state index contributed by atoms with van der Waals surface area (Å²) in [7, 11) is 0. The molecule has 1 atom stereocenters. The van der Waals surface area contributed by atoms with E-state index in [1.165, 1.54) is 10.7 Å². The predicted molar refractivity (Wildman–Crippen MR) is 237 cm³/mol. The van der Waals surface area contributed by atoms with Gasteiger partial charge < -0.3 is 25.5 Å². The van der Waals surface area contributed by atoms with E-state index in [0.29, 0.717) is 52.0 Å². The van der Waals surface area contributed by atoms with E-state index in [9.17, 15) is 29.5 Å². The highest BCUT2D eigenvalue weighted by Crippen LogP contribution is 2.36. The summed E-state index contributed by atoms with van der Waals surface area (Å²) in [6.07, 6.45) is 10.5. The van der Waals surface area contributed by atoms with Crippen LogP contribution in [0, 0.1) is 17.2 Å². The molecule has 1 aliphatic carbocycles. The number of nitrogens with one attached hydrogen (secondary N) is 3. The summed E-state index contributed by atoms with van der Waals surface area (Å²) in [6, 6.07) is 18.7. The first-order valence-electron chi connectivity index (χ1n) is 22.3. The number of nitrogens with zero attached hydrogens (tertiary/aromatic N) is 8. The second-order valence-corrected chi connectivity index (χ2v) is 18.2. The summed E-state index contributed by atoms with van der Waals surface area (Å²) >= 11 is 0. The lowest BCUT2D eigenvalue weighted by Gasteiger charge is -2.43. The van der Waals surface area contributed by atoms with Gasteiger partial charge in [0.15, 0.2) is 0 Å². The molecule has 63 heavy (non-hydrogen) atoms. The van der Waals surface area contributed by atoms with E-state index in [2.05, 4.69) is 52.7 Å². The zero-order valence-electron chi connectivity index (χ0n) is 35.9. The van der Waals surface area contributed by atoms with Gasteiger partial charge in [-0.3, -0.25) is 34.1 Å². The smallest absolute Gasteiger partial charge is 0.274 e. The molecule has 3 aromatic heterocycles. The first-order chi connectivity index (χ1) is 30.4. The zero-order chi connectivity index (χ0) is 43.8. The maximum absolute atomic E-state index is 13.5. The molecule has 3 saturated heterocycles. The van der Waals surface area contributed by atoms with Crippen LogP contribution in [0.1, 0.15) is 103 Å². The standard InChI is InChI=1S/C47H55N11O5/c1-47(2,63)38-25-40-33(24-41(38)51-46(62)42-12-10-37-22-31(26-48)27-49-58(37)42)29-57(53-40)35-8-6-34(7-9-35)56-20-18-54(19-21-56)28-30-14-16-55(17-15-30)36-5-3-4-32(23-36)44(60)50-39-11-13-43(59)52-45(39)61/h3-5,10,12,22-25,27,29-30,34-35,39,63H,6-9,11,13-21,28H2,1-2H3,(H,50,60)(H,51,62)(H,52,59,61)/t34?,35?,39-/m0/s1. The van der Waals surface area contributed by atoms with Gasteiger partial charge in [-0.25, -0.2) is 4.52 Å².